The van der Waals surface area contributed by atoms with E-state index in [0.29, 0.717) is 22.7 Å². The van der Waals surface area contributed by atoms with Crippen molar-refractivity contribution in [3.8, 4) is 17.6 Å². The normalized spacial score (nSPS) is 11.0. The SMILES string of the molecule is N#CCCOc1ccc(C(F)(F)Oc2ccc(C=CC(=O)OCCOC(=O)c3cc(N)cc(N)c3)cc2)cc1. The molecule has 0 bridgehead atoms. The number of carbonyl (C=O) groups is 2. The molecular weight excluding hydrogens is 512 g/mol. The van der Waals surface area contributed by atoms with Gasteiger partial charge < -0.3 is 30.4 Å². The Morgan fingerprint density at radius 3 is 2.13 bits per heavy atom. The third-order valence-electron chi connectivity index (χ3n) is 4.99. The summed E-state index contributed by atoms with van der Waals surface area (Å²) in [6.45, 7) is -0.191. The van der Waals surface area contributed by atoms with Crippen LogP contribution in [-0.2, 0) is 20.4 Å². The molecule has 0 radical (unpaired) electrons. The lowest BCUT2D eigenvalue weighted by Crippen LogP contribution is -2.21. The van der Waals surface area contributed by atoms with E-state index < -0.39 is 18.0 Å². The van der Waals surface area contributed by atoms with E-state index in [0.717, 1.165) is 6.08 Å². The lowest BCUT2D eigenvalue weighted by molar-refractivity contribution is -0.185. The van der Waals surface area contributed by atoms with Gasteiger partial charge in [-0.05, 0) is 66.2 Å². The van der Waals surface area contributed by atoms with Crippen LogP contribution in [0, 0.1) is 11.3 Å². The summed E-state index contributed by atoms with van der Waals surface area (Å²) >= 11 is 0. The molecular formula is C28H25F2N3O6. The van der Waals surface area contributed by atoms with Gasteiger partial charge in [0.2, 0.25) is 0 Å². The first kappa shape index (κ1) is 28.5. The van der Waals surface area contributed by atoms with Crippen LogP contribution in [0.1, 0.15) is 27.9 Å². The summed E-state index contributed by atoms with van der Waals surface area (Å²) in [6, 6.07) is 17.0. The molecule has 11 heteroatoms. The highest BCUT2D eigenvalue weighted by molar-refractivity contribution is 5.91. The fourth-order valence-electron chi connectivity index (χ4n) is 3.18. The van der Waals surface area contributed by atoms with E-state index in [1.54, 1.807) is 0 Å². The molecule has 0 aromatic heterocycles. The average Bonchev–Trinajstić information content (AvgIpc) is 2.90. The molecule has 0 atom stereocenters. The van der Waals surface area contributed by atoms with Crippen LogP contribution in [0.25, 0.3) is 6.08 Å². The second-order valence-corrected chi connectivity index (χ2v) is 7.99. The number of hydrogen-bond acceptors (Lipinski definition) is 9. The Morgan fingerprint density at radius 1 is 0.872 bits per heavy atom. The molecule has 202 valence electrons. The first-order valence-corrected chi connectivity index (χ1v) is 11.6. The standard InChI is InChI=1S/C28H25F2N3O6/c29-28(30,21-5-9-24(10-6-21)36-13-1-12-31)39-25-7-2-19(3-8-25)4-11-26(34)37-14-15-38-27(35)20-16-22(32)18-23(33)17-20/h2-11,16-18H,1,13-15,32-33H2. The van der Waals surface area contributed by atoms with Gasteiger partial charge >= 0.3 is 18.0 Å². The number of nitriles is 1. The lowest BCUT2D eigenvalue weighted by atomic mass is 10.2. The fraction of sp³-hybridized carbons (Fsp3) is 0.179. The van der Waals surface area contributed by atoms with Crippen LogP contribution in [0.5, 0.6) is 11.5 Å². The average molecular weight is 538 g/mol. The largest absolute Gasteiger partial charge is 0.493 e. The van der Waals surface area contributed by atoms with Crippen LogP contribution >= 0.6 is 0 Å². The number of nitrogen functional groups attached to an aromatic ring is 2. The van der Waals surface area contributed by atoms with Gasteiger partial charge in [0.05, 0.1) is 23.6 Å². The molecule has 0 unspecified atom stereocenters. The fourth-order valence-corrected chi connectivity index (χ4v) is 3.18. The Hall–Kier alpha value is -5.11. The van der Waals surface area contributed by atoms with Crippen molar-refractivity contribution < 1.29 is 37.3 Å². The van der Waals surface area contributed by atoms with Crippen molar-refractivity contribution in [2.45, 2.75) is 12.5 Å². The summed E-state index contributed by atoms with van der Waals surface area (Å²) in [6.07, 6.45) is -0.843. The molecule has 4 N–H and O–H groups in total. The highest BCUT2D eigenvalue weighted by Gasteiger charge is 2.34. The van der Waals surface area contributed by atoms with Gasteiger partial charge in [-0.3, -0.25) is 0 Å². The topological polar surface area (TPSA) is 147 Å². The maximum atomic E-state index is 14.5. The smallest absolute Gasteiger partial charge is 0.426 e. The predicted octanol–water partition coefficient (Wildman–Crippen LogP) is 4.69. The van der Waals surface area contributed by atoms with Crippen molar-refractivity contribution in [1.82, 2.24) is 0 Å². The van der Waals surface area contributed by atoms with Gasteiger partial charge in [-0.25, -0.2) is 9.59 Å². The van der Waals surface area contributed by atoms with Crippen LogP contribution in [-0.4, -0.2) is 31.8 Å². The van der Waals surface area contributed by atoms with Gasteiger partial charge in [-0.2, -0.15) is 14.0 Å². The Bertz CT molecular complexity index is 1330. The van der Waals surface area contributed by atoms with E-state index in [2.05, 4.69) is 0 Å². The first-order chi connectivity index (χ1) is 18.7. The van der Waals surface area contributed by atoms with E-state index >= 15 is 0 Å². The molecule has 0 aliphatic heterocycles. The van der Waals surface area contributed by atoms with Crippen LogP contribution in [0.3, 0.4) is 0 Å². The number of alkyl halides is 2. The number of ether oxygens (including phenoxy) is 4. The number of nitrogens with zero attached hydrogens (tertiary/aromatic N) is 1. The van der Waals surface area contributed by atoms with Crippen LogP contribution < -0.4 is 20.9 Å². The molecule has 3 aromatic carbocycles. The first-order valence-electron chi connectivity index (χ1n) is 11.6. The summed E-state index contributed by atoms with van der Waals surface area (Å²) in [7, 11) is 0. The van der Waals surface area contributed by atoms with E-state index in [1.807, 2.05) is 6.07 Å². The highest BCUT2D eigenvalue weighted by atomic mass is 19.3. The molecule has 0 amide bonds. The minimum atomic E-state index is -3.60. The Labute approximate surface area is 223 Å². The van der Waals surface area contributed by atoms with Gasteiger partial charge in [-0.15, -0.1) is 0 Å². The molecule has 0 aliphatic rings. The third kappa shape index (κ3) is 9.05. The van der Waals surface area contributed by atoms with Gasteiger partial charge in [-0.1, -0.05) is 12.1 Å². The number of nitrogens with two attached hydrogens (primary N) is 2. The third-order valence-corrected chi connectivity index (χ3v) is 4.99. The number of esters is 2. The number of anilines is 2. The Kier molecular flexibility index (Phi) is 9.81. The number of rotatable bonds is 12. The van der Waals surface area contributed by atoms with E-state index in [9.17, 15) is 18.4 Å². The molecule has 3 rings (SSSR count). The van der Waals surface area contributed by atoms with Crippen molar-refractivity contribution in [2.75, 3.05) is 31.3 Å². The molecule has 0 saturated carbocycles. The highest BCUT2D eigenvalue weighted by Crippen LogP contribution is 2.32. The number of carbonyl (C=O) groups excluding carboxylic acids is 2. The molecule has 0 saturated heterocycles. The van der Waals surface area contributed by atoms with E-state index in [1.165, 1.54) is 72.8 Å². The second-order valence-electron chi connectivity index (χ2n) is 7.99. The maximum Gasteiger partial charge on any atom is 0.426 e. The number of halogens is 2. The predicted molar refractivity (Wildman–Crippen MR) is 139 cm³/mol. The van der Waals surface area contributed by atoms with Gasteiger partial charge in [0.15, 0.2) is 0 Å². The van der Waals surface area contributed by atoms with E-state index in [-0.39, 0.29) is 43.1 Å². The van der Waals surface area contributed by atoms with Gasteiger partial charge in [0.25, 0.3) is 0 Å². The van der Waals surface area contributed by atoms with Gasteiger partial charge in [0, 0.05) is 17.5 Å². The quantitative estimate of drug-likeness (QED) is 0.145. The molecule has 0 fully saturated rings. The van der Waals surface area contributed by atoms with Crippen molar-refractivity contribution in [2.24, 2.45) is 0 Å². The monoisotopic (exact) mass is 537 g/mol. The molecule has 9 nitrogen and oxygen atoms in total. The zero-order chi connectivity index (χ0) is 28.3. The zero-order valence-corrected chi connectivity index (χ0v) is 20.6. The van der Waals surface area contributed by atoms with Crippen molar-refractivity contribution in [3.05, 3.63) is 89.5 Å². The van der Waals surface area contributed by atoms with Gasteiger partial charge in [0.1, 0.15) is 31.3 Å². The Balaban J connectivity index is 1.44. The van der Waals surface area contributed by atoms with Crippen LogP contribution in [0.2, 0.25) is 0 Å². The summed E-state index contributed by atoms with van der Waals surface area (Å²) in [5.41, 5.74) is 12.3. The summed E-state index contributed by atoms with van der Waals surface area (Å²) in [5.74, 6) is -1.07. The zero-order valence-electron chi connectivity index (χ0n) is 20.6. The van der Waals surface area contributed by atoms with E-state index in [4.69, 9.17) is 35.7 Å². The van der Waals surface area contributed by atoms with Crippen molar-refractivity contribution in [3.63, 3.8) is 0 Å². The number of hydrogen-bond donors (Lipinski definition) is 2. The molecule has 0 spiro atoms. The van der Waals surface area contributed by atoms with Crippen molar-refractivity contribution >= 4 is 29.4 Å². The molecule has 0 heterocycles. The maximum absolute atomic E-state index is 14.5. The summed E-state index contributed by atoms with van der Waals surface area (Å²) < 4.78 is 49.2. The van der Waals surface area contributed by atoms with Crippen molar-refractivity contribution in [1.29, 1.82) is 5.26 Å². The summed E-state index contributed by atoms with van der Waals surface area (Å²) in [5, 5.41) is 8.52. The minimum absolute atomic E-state index is 0.0854. The lowest BCUT2D eigenvalue weighted by Gasteiger charge is -2.18. The minimum Gasteiger partial charge on any atom is -0.493 e. The molecule has 0 aliphatic carbocycles. The second kappa shape index (κ2) is 13.4. The number of benzene rings is 3. The molecule has 39 heavy (non-hydrogen) atoms. The van der Waals surface area contributed by atoms with Crippen LogP contribution in [0.4, 0.5) is 20.2 Å². The van der Waals surface area contributed by atoms with Crippen LogP contribution in [0.15, 0.2) is 72.8 Å². The Morgan fingerprint density at radius 2 is 1.49 bits per heavy atom. The molecule has 3 aromatic rings. The summed E-state index contributed by atoms with van der Waals surface area (Å²) in [4.78, 5) is 23.9.